The van der Waals surface area contributed by atoms with Gasteiger partial charge in [-0.15, -0.1) is 0 Å². The average Bonchev–Trinajstić information content (AvgIpc) is 3.23. The minimum atomic E-state index is 0.112. The van der Waals surface area contributed by atoms with E-state index in [0.29, 0.717) is 12.3 Å². The number of hydrogen-bond donors (Lipinski definition) is 1. The summed E-state index contributed by atoms with van der Waals surface area (Å²) in [5.74, 6) is 0.761. The van der Waals surface area contributed by atoms with Crippen LogP contribution in [0.25, 0.3) is 0 Å². The first kappa shape index (κ1) is 15.5. The first-order valence-corrected chi connectivity index (χ1v) is 8.67. The molecule has 1 amide bonds. The van der Waals surface area contributed by atoms with E-state index in [1.54, 1.807) is 0 Å². The molecule has 0 bridgehead atoms. The van der Waals surface area contributed by atoms with Gasteiger partial charge in [0.2, 0.25) is 5.91 Å². The Morgan fingerprint density at radius 2 is 2.18 bits per heavy atom. The maximum absolute atomic E-state index is 12.3. The SMILES string of the molecule is Cc1cccnc1[C@@H](NC(=O)CCCN1CCCC1)C1CC1. The number of aryl methyl sites for hydroxylation is 1. The summed E-state index contributed by atoms with van der Waals surface area (Å²) in [5, 5.41) is 3.24. The second kappa shape index (κ2) is 7.23. The van der Waals surface area contributed by atoms with Gasteiger partial charge in [-0.25, -0.2) is 0 Å². The molecule has 2 fully saturated rings. The molecule has 3 rings (SSSR count). The molecule has 4 heteroatoms. The Bertz CT molecular complexity index is 507. The van der Waals surface area contributed by atoms with Crippen molar-refractivity contribution in [2.45, 2.75) is 51.5 Å². The highest BCUT2D eigenvalue weighted by Gasteiger charge is 2.34. The summed E-state index contributed by atoms with van der Waals surface area (Å²) in [4.78, 5) is 19.3. The van der Waals surface area contributed by atoms with E-state index in [9.17, 15) is 4.79 Å². The third-order valence-electron chi connectivity index (χ3n) is 4.83. The molecule has 1 saturated heterocycles. The summed E-state index contributed by atoms with van der Waals surface area (Å²) in [5.41, 5.74) is 2.23. The van der Waals surface area contributed by atoms with Crippen LogP contribution in [0.5, 0.6) is 0 Å². The number of nitrogens with zero attached hydrogens (tertiary/aromatic N) is 2. The molecule has 2 aliphatic rings. The highest BCUT2D eigenvalue weighted by molar-refractivity contribution is 5.76. The van der Waals surface area contributed by atoms with Crippen molar-refractivity contribution in [2.75, 3.05) is 19.6 Å². The first-order valence-electron chi connectivity index (χ1n) is 8.67. The minimum absolute atomic E-state index is 0.112. The maximum Gasteiger partial charge on any atom is 0.220 e. The van der Waals surface area contributed by atoms with Crippen LogP contribution in [0.1, 0.15) is 55.8 Å². The van der Waals surface area contributed by atoms with Crippen molar-refractivity contribution in [1.82, 2.24) is 15.2 Å². The summed E-state index contributed by atoms with van der Waals surface area (Å²) in [7, 11) is 0. The predicted molar refractivity (Wildman–Crippen MR) is 87.5 cm³/mol. The number of aromatic nitrogens is 1. The monoisotopic (exact) mass is 301 g/mol. The van der Waals surface area contributed by atoms with Crippen molar-refractivity contribution in [3.63, 3.8) is 0 Å². The van der Waals surface area contributed by atoms with Crippen molar-refractivity contribution in [1.29, 1.82) is 0 Å². The van der Waals surface area contributed by atoms with Gasteiger partial charge in [-0.3, -0.25) is 9.78 Å². The molecule has 1 aromatic heterocycles. The van der Waals surface area contributed by atoms with Crippen LogP contribution in [0.15, 0.2) is 18.3 Å². The summed E-state index contributed by atoms with van der Waals surface area (Å²) < 4.78 is 0. The lowest BCUT2D eigenvalue weighted by Gasteiger charge is -2.20. The van der Waals surface area contributed by atoms with E-state index in [4.69, 9.17) is 0 Å². The number of hydrogen-bond acceptors (Lipinski definition) is 3. The summed E-state index contributed by atoms with van der Waals surface area (Å²) in [6, 6.07) is 4.15. The van der Waals surface area contributed by atoms with Crippen LogP contribution < -0.4 is 5.32 Å². The van der Waals surface area contributed by atoms with Crippen LogP contribution in [-0.4, -0.2) is 35.4 Å². The average molecular weight is 301 g/mol. The van der Waals surface area contributed by atoms with Gasteiger partial charge in [-0.05, 0) is 76.2 Å². The van der Waals surface area contributed by atoms with E-state index in [1.807, 2.05) is 12.3 Å². The molecule has 4 nitrogen and oxygen atoms in total. The van der Waals surface area contributed by atoms with E-state index in [2.05, 4.69) is 28.2 Å². The Labute approximate surface area is 133 Å². The number of likely N-dealkylation sites (tertiary alicyclic amines) is 1. The second-order valence-corrected chi connectivity index (χ2v) is 6.74. The molecular weight excluding hydrogens is 274 g/mol. The molecule has 1 aromatic rings. The molecule has 1 N–H and O–H groups in total. The summed E-state index contributed by atoms with van der Waals surface area (Å²) >= 11 is 0. The molecule has 0 spiro atoms. The topological polar surface area (TPSA) is 45.2 Å². The number of pyridine rings is 1. The van der Waals surface area contributed by atoms with Gasteiger partial charge in [-0.1, -0.05) is 6.07 Å². The highest BCUT2D eigenvalue weighted by Crippen LogP contribution is 2.41. The molecule has 0 unspecified atom stereocenters. The van der Waals surface area contributed by atoms with Crippen LogP contribution in [0, 0.1) is 12.8 Å². The molecule has 22 heavy (non-hydrogen) atoms. The zero-order valence-corrected chi connectivity index (χ0v) is 13.6. The normalized spacial score (nSPS) is 20.0. The van der Waals surface area contributed by atoms with E-state index in [-0.39, 0.29) is 11.9 Å². The number of amides is 1. The summed E-state index contributed by atoms with van der Waals surface area (Å²) in [6.45, 7) is 5.56. The summed E-state index contributed by atoms with van der Waals surface area (Å²) in [6.07, 6.45) is 8.46. The zero-order valence-electron chi connectivity index (χ0n) is 13.6. The van der Waals surface area contributed by atoms with Gasteiger partial charge in [0.15, 0.2) is 0 Å². The molecule has 0 radical (unpaired) electrons. The van der Waals surface area contributed by atoms with E-state index >= 15 is 0 Å². The number of carbonyl (C=O) groups excluding carboxylic acids is 1. The van der Waals surface area contributed by atoms with E-state index in [0.717, 1.165) is 18.7 Å². The van der Waals surface area contributed by atoms with Crippen LogP contribution in [-0.2, 0) is 4.79 Å². The van der Waals surface area contributed by atoms with Gasteiger partial charge >= 0.3 is 0 Å². The standard InChI is InChI=1S/C18H27N3O/c1-14-6-4-10-19-17(14)18(15-8-9-15)20-16(22)7-5-13-21-11-2-3-12-21/h4,6,10,15,18H,2-3,5,7-9,11-13H2,1H3,(H,20,22)/t18-/m0/s1. The van der Waals surface area contributed by atoms with Crippen molar-refractivity contribution < 1.29 is 4.79 Å². The smallest absolute Gasteiger partial charge is 0.220 e. The second-order valence-electron chi connectivity index (χ2n) is 6.74. The van der Waals surface area contributed by atoms with Crippen LogP contribution in [0.2, 0.25) is 0 Å². The number of nitrogens with one attached hydrogen (secondary N) is 1. The van der Waals surface area contributed by atoms with Crippen molar-refractivity contribution in [3.8, 4) is 0 Å². The van der Waals surface area contributed by atoms with E-state index in [1.165, 1.54) is 44.3 Å². The van der Waals surface area contributed by atoms with E-state index < -0.39 is 0 Å². The highest BCUT2D eigenvalue weighted by atomic mass is 16.1. The Hall–Kier alpha value is -1.42. The third kappa shape index (κ3) is 4.07. The van der Waals surface area contributed by atoms with Gasteiger partial charge < -0.3 is 10.2 Å². The molecular formula is C18H27N3O. The van der Waals surface area contributed by atoms with Gasteiger partial charge in [0, 0.05) is 12.6 Å². The lowest BCUT2D eigenvalue weighted by molar-refractivity contribution is -0.122. The Morgan fingerprint density at radius 3 is 2.86 bits per heavy atom. The molecule has 1 saturated carbocycles. The Morgan fingerprint density at radius 1 is 1.41 bits per heavy atom. The van der Waals surface area contributed by atoms with Gasteiger partial charge in [0.25, 0.3) is 0 Å². The van der Waals surface area contributed by atoms with Gasteiger partial charge in [-0.2, -0.15) is 0 Å². The molecule has 0 aromatic carbocycles. The molecule has 2 heterocycles. The largest absolute Gasteiger partial charge is 0.347 e. The number of rotatable bonds is 7. The fourth-order valence-corrected chi connectivity index (χ4v) is 3.38. The quantitative estimate of drug-likeness (QED) is 0.842. The Balaban J connectivity index is 1.50. The van der Waals surface area contributed by atoms with Crippen LogP contribution >= 0.6 is 0 Å². The third-order valence-corrected chi connectivity index (χ3v) is 4.83. The van der Waals surface area contributed by atoms with Crippen molar-refractivity contribution in [2.24, 2.45) is 5.92 Å². The van der Waals surface area contributed by atoms with Crippen LogP contribution in [0.3, 0.4) is 0 Å². The van der Waals surface area contributed by atoms with Gasteiger partial charge in [0.05, 0.1) is 11.7 Å². The first-order chi connectivity index (χ1) is 10.7. The fraction of sp³-hybridized carbons (Fsp3) is 0.667. The zero-order chi connectivity index (χ0) is 15.4. The minimum Gasteiger partial charge on any atom is -0.347 e. The predicted octanol–water partition coefficient (Wildman–Crippen LogP) is 2.83. The molecule has 1 aliphatic heterocycles. The molecule has 120 valence electrons. The lowest BCUT2D eigenvalue weighted by atomic mass is 10.0. The van der Waals surface area contributed by atoms with Gasteiger partial charge in [0.1, 0.15) is 0 Å². The lowest BCUT2D eigenvalue weighted by Crippen LogP contribution is -2.31. The molecule has 1 aliphatic carbocycles. The molecule has 1 atom stereocenters. The number of carbonyl (C=O) groups is 1. The Kier molecular flexibility index (Phi) is 5.08. The van der Waals surface area contributed by atoms with Crippen molar-refractivity contribution >= 4 is 5.91 Å². The van der Waals surface area contributed by atoms with Crippen molar-refractivity contribution in [3.05, 3.63) is 29.6 Å². The maximum atomic E-state index is 12.3. The van der Waals surface area contributed by atoms with Crippen LogP contribution in [0.4, 0.5) is 0 Å². The fourth-order valence-electron chi connectivity index (χ4n) is 3.38.